The van der Waals surface area contributed by atoms with Gasteiger partial charge in [-0.3, -0.25) is 9.59 Å². The summed E-state index contributed by atoms with van der Waals surface area (Å²) in [4.78, 5) is 23.9. The van der Waals surface area contributed by atoms with E-state index in [-0.39, 0.29) is 17.6 Å². The van der Waals surface area contributed by atoms with Gasteiger partial charge in [0, 0.05) is 11.0 Å². The van der Waals surface area contributed by atoms with Crippen LogP contribution < -0.4 is 0 Å². The number of allylic oxidation sites excluding steroid dienone is 2. The van der Waals surface area contributed by atoms with Crippen LogP contribution in [0.25, 0.3) is 0 Å². The standard InChI is InChI=1S/C19H26O4/c1-12-6-5-7-18(4)16(12)14(20)10-13(2)19(18)9-8-17(3,23-19)11-15(21)22/h10H,5-9,11H2,1-4H3,(H,21,22). The summed E-state index contributed by atoms with van der Waals surface area (Å²) < 4.78 is 6.53. The van der Waals surface area contributed by atoms with E-state index >= 15 is 0 Å². The maximum Gasteiger partial charge on any atom is 0.306 e. The van der Waals surface area contributed by atoms with Gasteiger partial charge in [-0.25, -0.2) is 0 Å². The molecule has 0 bridgehead atoms. The van der Waals surface area contributed by atoms with E-state index in [1.807, 2.05) is 13.8 Å². The molecule has 0 aromatic heterocycles. The maximum atomic E-state index is 12.6. The van der Waals surface area contributed by atoms with Crippen LogP contribution in [0.1, 0.15) is 66.2 Å². The lowest BCUT2D eigenvalue weighted by Crippen LogP contribution is -2.55. The molecular weight excluding hydrogens is 292 g/mol. The minimum absolute atomic E-state index is 0.00405. The van der Waals surface area contributed by atoms with Crippen molar-refractivity contribution in [3.63, 3.8) is 0 Å². The Morgan fingerprint density at radius 3 is 2.61 bits per heavy atom. The summed E-state index contributed by atoms with van der Waals surface area (Å²) in [5.41, 5.74) is 1.48. The number of carboxylic acids is 1. The van der Waals surface area contributed by atoms with Crippen LogP contribution in [0.4, 0.5) is 0 Å². The Morgan fingerprint density at radius 1 is 1.26 bits per heavy atom. The number of ether oxygens (including phenoxy) is 1. The number of fused-ring (bicyclic) bond motifs is 2. The van der Waals surface area contributed by atoms with Gasteiger partial charge in [-0.1, -0.05) is 12.5 Å². The number of carbonyl (C=O) groups excluding carboxylic acids is 1. The number of ketones is 1. The van der Waals surface area contributed by atoms with Crippen LogP contribution in [0.2, 0.25) is 0 Å². The van der Waals surface area contributed by atoms with E-state index in [0.29, 0.717) is 6.42 Å². The third kappa shape index (κ3) is 2.22. The van der Waals surface area contributed by atoms with Gasteiger partial charge in [0.05, 0.1) is 17.6 Å². The summed E-state index contributed by atoms with van der Waals surface area (Å²) in [6, 6.07) is 0. The zero-order chi connectivity index (χ0) is 17.0. The molecule has 3 atom stereocenters. The highest BCUT2D eigenvalue weighted by atomic mass is 16.5. The van der Waals surface area contributed by atoms with Gasteiger partial charge in [0.15, 0.2) is 5.78 Å². The zero-order valence-corrected chi connectivity index (χ0v) is 14.5. The first-order chi connectivity index (χ1) is 10.6. The van der Waals surface area contributed by atoms with Crippen LogP contribution >= 0.6 is 0 Å². The monoisotopic (exact) mass is 318 g/mol. The first kappa shape index (κ1) is 16.4. The molecule has 0 aromatic rings. The lowest BCUT2D eigenvalue weighted by Gasteiger charge is -2.53. The fraction of sp³-hybridized carbons (Fsp3) is 0.684. The largest absolute Gasteiger partial charge is 0.481 e. The molecule has 4 heteroatoms. The number of rotatable bonds is 2. The van der Waals surface area contributed by atoms with E-state index in [1.54, 1.807) is 6.08 Å². The van der Waals surface area contributed by atoms with E-state index < -0.39 is 17.2 Å². The Morgan fingerprint density at radius 2 is 1.96 bits per heavy atom. The lowest BCUT2D eigenvalue weighted by molar-refractivity contribution is -0.158. The Balaban J connectivity index is 2.12. The highest BCUT2D eigenvalue weighted by Crippen LogP contribution is 2.61. The predicted molar refractivity (Wildman–Crippen MR) is 87.1 cm³/mol. The van der Waals surface area contributed by atoms with Crippen molar-refractivity contribution in [3.8, 4) is 0 Å². The molecule has 1 N–H and O–H groups in total. The van der Waals surface area contributed by atoms with Crippen molar-refractivity contribution in [1.82, 2.24) is 0 Å². The van der Waals surface area contributed by atoms with Crippen LogP contribution in [0.5, 0.6) is 0 Å². The van der Waals surface area contributed by atoms with Crippen molar-refractivity contribution >= 4 is 11.8 Å². The average Bonchev–Trinajstić information content (AvgIpc) is 2.75. The molecule has 3 aliphatic rings. The molecule has 3 rings (SSSR count). The predicted octanol–water partition coefficient (Wildman–Crippen LogP) is 3.80. The van der Waals surface area contributed by atoms with Crippen molar-refractivity contribution in [2.75, 3.05) is 0 Å². The van der Waals surface area contributed by atoms with Gasteiger partial charge in [-0.2, -0.15) is 0 Å². The minimum atomic E-state index is -0.834. The van der Waals surface area contributed by atoms with E-state index in [1.165, 1.54) is 5.57 Å². The third-order valence-corrected chi connectivity index (χ3v) is 6.28. The van der Waals surface area contributed by atoms with E-state index in [0.717, 1.165) is 36.8 Å². The normalized spacial score (nSPS) is 40.3. The summed E-state index contributed by atoms with van der Waals surface area (Å²) in [5.74, 6) is -0.720. The van der Waals surface area contributed by atoms with E-state index in [4.69, 9.17) is 4.74 Å². The fourth-order valence-corrected chi connectivity index (χ4v) is 5.21. The summed E-state index contributed by atoms with van der Waals surface area (Å²) in [7, 11) is 0. The Kier molecular flexibility index (Phi) is 3.60. The van der Waals surface area contributed by atoms with Crippen LogP contribution in [-0.2, 0) is 14.3 Å². The van der Waals surface area contributed by atoms with Crippen LogP contribution in [0.3, 0.4) is 0 Å². The molecule has 4 nitrogen and oxygen atoms in total. The summed E-state index contributed by atoms with van der Waals surface area (Å²) >= 11 is 0. The van der Waals surface area contributed by atoms with E-state index in [9.17, 15) is 14.7 Å². The number of aliphatic carboxylic acids is 1. The Bertz CT molecular complexity index is 644. The number of carbonyl (C=O) groups is 2. The topological polar surface area (TPSA) is 63.6 Å². The number of carboxylic acid groups (broad SMARTS) is 1. The number of hydrogen-bond acceptors (Lipinski definition) is 3. The highest BCUT2D eigenvalue weighted by Gasteiger charge is 2.62. The van der Waals surface area contributed by atoms with Crippen LogP contribution in [-0.4, -0.2) is 28.1 Å². The smallest absolute Gasteiger partial charge is 0.306 e. The second kappa shape index (κ2) is 5.04. The first-order valence-corrected chi connectivity index (χ1v) is 8.49. The molecule has 2 aliphatic carbocycles. The van der Waals surface area contributed by atoms with Gasteiger partial charge in [0.25, 0.3) is 0 Å². The van der Waals surface area contributed by atoms with Crippen molar-refractivity contribution in [2.45, 2.75) is 77.4 Å². The fourth-order valence-electron chi connectivity index (χ4n) is 5.21. The lowest BCUT2D eigenvalue weighted by atomic mass is 9.55. The van der Waals surface area contributed by atoms with Crippen molar-refractivity contribution < 1.29 is 19.4 Å². The van der Waals surface area contributed by atoms with Crippen LogP contribution in [0.15, 0.2) is 22.8 Å². The Hall–Kier alpha value is -1.42. The maximum absolute atomic E-state index is 12.6. The highest BCUT2D eigenvalue weighted by molar-refractivity contribution is 6.08. The molecule has 1 spiro atoms. The summed E-state index contributed by atoms with van der Waals surface area (Å²) in [6.45, 7) is 8.06. The van der Waals surface area contributed by atoms with Gasteiger partial charge in [-0.15, -0.1) is 0 Å². The molecule has 1 heterocycles. The molecule has 3 unspecified atom stereocenters. The second-order valence-corrected chi connectivity index (χ2v) is 7.98. The minimum Gasteiger partial charge on any atom is -0.481 e. The molecule has 0 amide bonds. The first-order valence-electron chi connectivity index (χ1n) is 8.49. The van der Waals surface area contributed by atoms with Crippen molar-refractivity contribution in [1.29, 1.82) is 0 Å². The molecule has 1 fully saturated rings. The van der Waals surface area contributed by atoms with Gasteiger partial charge >= 0.3 is 5.97 Å². The van der Waals surface area contributed by atoms with Crippen LogP contribution in [0, 0.1) is 5.41 Å². The molecule has 0 radical (unpaired) electrons. The molecule has 0 aromatic carbocycles. The van der Waals surface area contributed by atoms with E-state index in [2.05, 4.69) is 13.8 Å². The van der Waals surface area contributed by atoms with Gasteiger partial charge in [-0.05, 0) is 64.5 Å². The molecule has 0 saturated carbocycles. The van der Waals surface area contributed by atoms with Crippen molar-refractivity contribution in [3.05, 3.63) is 22.8 Å². The molecular formula is C19H26O4. The van der Waals surface area contributed by atoms with Gasteiger partial charge < -0.3 is 9.84 Å². The quantitative estimate of drug-likeness (QED) is 0.841. The van der Waals surface area contributed by atoms with Gasteiger partial charge in [0.2, 0.25) is 0 Å². The molecule has 1 saturated heterocycles. The molecule has 1 aliphatic heterocycles. The molecule has 126 valence electrons. The zero-order valence-electron chi connectivity index (χ0n) is 14.5. The van der Waals surface area contributed by atoms with Gasteiger partial charge in [0.1, 0.15) is 0 Å². The average molecular weight is 318 g/mol. The summed E-state index contributed by atoms with van der Waals surface area (Å²) in [6.07, 6.45) is 6.14. The summed E-state index contributed by atoms with van der Waals surface area (Å²) in [5, 5.41) is 9.21. The van der Waals surface area contributed by atoms with Crippen molar-refractivity contribution in [2.24, 2.45) is 5.41 Å². The molecule has 23 heavy (non-hydrogen) atoms. The second-order valence-electron chi connectivity index (χ2n) is 7.98. The third-order valence-electron chi connectivity index (χ3n) is 6.28. The Labute approximate surface area is 137 Å². The SMILES string of the molecule is CC1=CC(=O)C2=C(C)CCCC2(C)C12CCC(C)(CC(=O)O)O2. The number of hydrogen-bond donors (Lipinski definition) is 1.